The normalized spacial score (nSPS) is 11.7. The molecule has 2 aromatic rings. The van der Waals surface area contributed by atoms with Crippen molar-refractivity contribution in [2.45, 2.75) is 39.0 Å². The van der Waals surface area contributed by atoms with Gasteiger partial charge in [0, 0.05) is 22.6 Å². The van der Waals surface area contributed by atoms with E-state index in [4.69, 9.17) is 9.47 Å². The molecule has 0 unspecified atom stereocenters. The lowest BCUT2D eigenvalue weighted by molar-refractivity contribution is 0.0420. The molecule has 0 aliphatic rings. The van der Waals surface area contributed by atoms with Gasteiger partial charge < -0.3 is 9.47 Å². The number of sulfonamides is 1. The summed E-state index contributed by atoms with van der Waals surface area (Å²) in [6.45, 7) is 6.85. The van der Waals surface area contributed by atoms with Crippen molar-refractivity contribution < 1.29 is 27.5 Å². The first kappa shape index (κ1) is 24.9. The molecule has 0 N–H and O–H groups in total. The number of rotatable bonds is 6. The molecule has 0 spiro atoms. The van der Waals surface area contributed by atoms with Crippen LogP contribution >= 0.6 is 15.9 Å². The average molecular weight is 512 g/mol. The van der Waals surface area contributed by atoms with Gasteiger partial charge in [-0.2, -0.15) is 0 Å². The molecule has 0 saturated heterocycles. The van der Waals surface area contributed by atoms with Gasteiger partial charge in [-0.3, -0.25) is 4.79 Å². The maximum absolute atomic E-state index is 12.9. The van der Waals surface area contributed by atoms with Crippen LogP contribution in [-0.4, -0.2) is 44.4 Å². The molecule has 31 heavy (non-hydrogen) atoms. The van der Waals surface area contributed by atoms with Crippen LogP contribution in [0.1, 0.15) is 47.8 Å². The predicted molar refractivity (Wildman–Crippen MR) is 122 cm³/mol. The Kier molecular flexibility index (Phi) is 7.54. The molecule has 0 aromatic heterocycles. The second-order valence-electron chi connectivity index (χ2n) is 8.03. The van der Waals surface area contributed by atoms with Gasteiger partial charge in [0.1, 0.15) is 11.4 Å². The third kappa shape index (κ3) is 6.30. The lowest BCUT2D eigenvalue weighted by Crippen LogP contribution is -2.38. The molecule has 2 rings (SSSR count). The summed E-state index contributed by atoms with van der Waals surface area (Å²) < 4.78 is 36.6. The van der Waals surface area contributed by atoms with Gasteiger partial charge >= 0.3 is 6.09 Å². The molecule has 7 nitrogen and oxygen atoms in total. The smallest absolute Gasteiger partial charge is 0.423 e. The van der Waals surface area contributed by atoms with Crippen molar-refractivity contribution in [2.24, 2.45) is 0 Å². The summed E-state index contributed by atoms with van der Waals surface area (Å²) >= 11 is 3.36. The van der Waals surface area contributed by atoms with Crippen LogP contribution in [0.2, 0.25) is 0 Å². The maximum atomic E-state index is 12.9. The first-order chi connectivity index (χ1) is 14.2. The number of nitrogens with zero attached hydrogens (tertiary/aromatic N) is 1. The maximum Gasteiger partial charge on any atom is 0.423 e. The molecule has 0 fully saturated rings. The van der Waals surface area contributed by atoms with Crippen molar-refractivity contribution in [2.75, 3.05) is 14.2 Å². The molecule has 0 bridgehead atoms. The van der Waals surface area contributed by atoms with Crippen LogP contribution in [-0.2, 0) is 20.5 Å². The number of hydrogen-bond acceptors (Lipinski definition) is 6. The quantitative estimate of drug-likeness (QED) is 0.522. The number of hydrogen-bond donors (Lipinski definition) is 0. The Hall–Kier alpha value is -2.39. The van der Waals surface area contributed by atoms with E-state index in [0.717, 1.165) is 12.6 Å². The van der Waals surface area contributed by atoms with Gasteiger partial charge in [0.25, 0.3) is 0 Å². The molecule has 9 heteroatoms. The van der Waals surface area contributed by atoms with Crippen molar-refractivity contribution >= 4 is 37.8 Å². The van der Waals surface area contributed by atoms with Gasteiger partial charge in [0.2, 0.25) is 10.0 Å². The minimum absolute atomic E-state index is 0.231. The number of ether oxygens (including phenoxy) is 2. The van der Waals surface area contributed by atoms with Crippen molar-refractivity contribution in [1.82, 2.24) is 4.31 Å². The van der Waals surface area contributed by atoms with E-state index >= 15 is 0 Å². The fraction of sp³-hybridized carbons (Fsp3) is 0.364. The predicted octanol–water partition coefficient (Wildman–Crippen LogP) is 4.69. The summed E-state index contributed by atoms with van der Waals surface area (Å²) in [4.78, 5) is 25.0. The second-order valence-corrected chi connectivity index (χ2v) is 10.9. The lowest BCUT2D eigenvalue weighted by Gasteiger charge is -2.24. The van der Waals surface area contributed by atoms with Crippen LogP contribution in [0.4, 0.5) is 4.79 Å². The molecule has 0 radical (unpaired) electrons. The Morgan fingerprint density at radius 2 is 1.74 bits per heavy atom. The van der Waals surface area contributed by atoms with E-state index in [1.54, 1.807) is 57.2 Å². The van der Waals surface area contributed by atoms with Crippen LogP contribution in [0.5, 0.6) is 5.75 Å². The molecular weight excluding hydrogens is 486 g/mol. The first-order valence-corrected chi connectivity index (χ1v) is 11.8. The Morgan fingerprint density at radius 1 is 1.10 bits per heavy atom. The Bertz CT molecular complexity index is 1110. The van der Waals surface area contributed by atoms with E-state index in [0.29, 0.717) is 31.2 Å². The average Bonchev–Trinajstić information content (AvgIpc) is 2.65. The Balaban J connectivity index is 2.24. The third-order valence-electron chi connectivity index (χ3n) is 4.37. The number of ketones is 1. The zero-order chi connectivity index (χ0) is 23.6. The minimum atomic E-state index is -3.96. The molecule has 0 saturated carbocycles. The number of halogens is 1. The molecule has 0 atom stereocenters. The van der Waals surface area contributed by atoms with E-state index in [2.05, 4.69) is 15.9 Å². The van der Waals surface area contributed by atoms with E-state index < -0.39 is 27.5 Å². The summed E-state index contributed by atoms with van der Waals surface area (Å²) in [7, 11) is -1.27. The Labute approximate surface area is 191 Å². The SMILES string of the molecule is COc1cc(C(=O)c2ccc(CS(=O)(=O)N(C)C(=O)OC(C)(C)C)cc2Br)ccc1C. The summed E-state index contributed by atoms with van der Waals surface area (Å²) in [5.41, 5.74) is 1.35. The van der Waals surface area contributed by atoms with Crippen LogP contribution in [0, 0.1) is 6.92 Å². The summed E-state index contributed by atoms with van der Waals surface area (Å²) in [6.07, 6.45) is -0.952. The van der Waals surface area contributed by atoms with Gasteiger partial charge in [0.15, 0.2) is 5.78 Å². The summed E-state index contributed by atoms with van der Waals surface area (Å²) in [5.74, 6) is -0.0472. The fourth-order valence-electron chi connectivity index (χ4n) is 2.70. The van der Waals surface area contributed by atoms with Crippen LogP contribution in [0.3, 0.4) is 0 Å². The monoisotopic (exact) mass is 511 g/mol. The van der Waals surface area contributed by atoms with E-state index in [-0.39, 0.29) is 5.78 Å². The van der Waals surface area contributed by atoms with Crippen molar-refractivity contribution in [3.63, 3.8) is 0 Å². The Morgan fingerprint density at radius 3 is 2.29 bits per heavy atom. The summed E-state index contributed by atoms with van der Waals surface area (Å²) in [5, 5.41) is 0. The van der Waals surface area contributed by atoms with Crippen LogP contribution < -0.4 is 4.74 Å². The fourth-order valence-corrected chi connectivity index (χ4v) is 4.36. The van der Waals surface area contributed by atoms with Crippen LogP contribution in [0.15, 0.2) is 40.9 Å². The molecule has 0 heterocycles. The highest BCUT2D eigenvalue weighted by Gasteiger charge is 2.28. The molecule has 1 amide bonds. The number of carbonyl (C=O) groups is 2. The van der Waals surface area contributed by atoms with Gasteiger partial charge in [-0.05, 0) is 57.0 Å². The first-order valence-electron chi connectivity index (χ1n) is 9.42. The molecule has 0 aliphatic heterocycles. The van der Waals surface area contributed by atoms with Gasteiger partial charge in [-0.15, -0.1) is 0 Å². The number of benzene rings is 2. The number of aryl methyl sites for hydroxylation is 1. The molecule has 2 aromatic carbocycles. The van der Waals surface area contributed by atoms with Gasteiger partial charge in [-0.25, -0.2) is 17.5 Å². The largest absolute Gasteiger partial charge is 0.496 e. The zero-order valence-electron chi connectivity index (χ0n) is 18.4. The van der Waals surface area contributed by atoms with E-state index in [1.165, 1.54) is 7.11 Å². The number of carbonyl (C=O) groups excluding carboxylic acids is 2. The van der Waals surface area contributed by atoms with Gasteiger partial charge in [0.05, 0.1) is 12.9 Å². The lowest BCUT2D eigenvalue weighted by atomic mass is 10.0. The van der Waals surface area contributed by atoms with Crippen molar-refractivity contribution in [1.29, 1.82) is 0 Å². The standard InChI is InChI=1S/C22H26BrNO6S/c1-14-7-9-16(12-19(14)29-6)20(25)17-10-8-15(11-18(17)23)13-31(27,28)24(5)21(26)30-22(2,3)4/h7-12H,13H2,1-6H3. The molecule has 0 aliphatic carbocycles. The molecule has 168 valence electrons. The zero-order valence-corrected chi connectivity index (χ0v) is 20.8. The van der Waals surface area contributed by atoms with Crippen molar-refractivity contribution in [3.05, 3.63) is 63.1 Å². The minimum Gasteiger partial charge on any atom is -0.496 e. The number of amides is 1. The highest BCUT2D eigenvalue weighted by Crippen LogP contribution is 2.26. The topological polar surface area (TPSA) is 90.0 Å². The van der Waals surface area contributed by atoms with Crippen molar-refractivity contribution in [3.8, 4) is 5.75 Å². The molecular formula is C22H26BrNO6S. The number of methoxy groups -OCH3 is 1. The van der Waals surface area contributed by atoms with E-state index in [9.17, 15) is 18.0 Å². The van der Waals surface area contributed by atoms with E-state index in [1.807, 2.05) is 6.92 Å². The van der Waals surface area contributed by atoms with Crippen LogP contribution in [0.25, 0.3) is 0 Å². The highest BCUT2D eigenvalue weighted by molar-refractivity contribution is 9.10. The van der Waals surface area contributed by atoms with Gasteiger partial charge in [-0.1, -0.05) is 34.1 Å². The summed E-state index contributed by atoms with van der Waals surface area (Å²) in [6, 6.07) is 9.83. The second kappa shape index (κ2) is 9.40. The highest BCUT2D eigenvalue weighted by atomic mass is 79.9. The third-order valence-corrected chi connectivity index (χ3v) is 6.70.